The van der Waals surface area contributed by atoms with Crippen molar-refractivity contribution in [1.82, 2.24) is 14.9 Å². The fourth-order valence-corrected chi connectivity index (χ4v) is 6.97. The van der Waals surface area contributed by atoms with Crippen LogP contribution >= 0.6 is 0 Å². The number of hydrogen-bond donors (Lipinski definition) is 1. The Labute approximate surface area is 214 Å². The normalized spacial score (nSPS) is 27.9. The molecular formula is C30H36BN3O2. The Bertz CT molecular complexity index is 1330. The average molecular weight is 481 g/mol. The molecule has 3 atom stereocenters. The van der Waals surface area contributed by atoms with E-state index >= 15 is 0 Å². The minimum absolute atomic E-state index is 0.312. The lowest BCUT2D eigenvalue weighted by atomic mass is 9.75. The van der Waals surface area contributed by atoms with E-state index in [1.165, 1.54) is 47.1 Å². The number of aromatic nitrogens is 2. The van der Waals surface area contributed by atoms with Gasteiger partial charge >= 0.3 is 7.12 Å². The minimum atomic E-state index is -0.324. The van der Waals surface area contributed by atoms with Crippen LogP contribution in [0, 0.1) is 5.92 Å². The zero-order valence-corrected chi connectivity index (χ0v) is 22.1. The number of H-pyrrole nitrogens is 1. The smallest absolute Gasteiger partial charge is 0.399 e. The van der Waals surface area contributed by atoms with E-state index in [4.69, 9.17) is 14.3 Å². The number of likely N-dealkylation sites (tertiary alicyclic amines) is 1. The molecule has 0 spiro atoms. The fourth-order valence-electron chi connectivity index (χ4n) is 6.97. The van der Waals surface area contributed by atoms with Crippen LogP contribution in [0.3, 0.4) is 0 Å². The third-order valence-corrected chi connectivity index (χ3v) is 9.81. The molecule has 2 aliphatic carbocycles. The molecule has 2 aromatic carbocycles. The van der Waals surface area contributed by atoms with Crippen LogP contribution in [-0.2, 0) is 22.2 Å². The van der Waals surface area contributed by atoms with Gasteiger partial charge in [-0.3, -0.25) is 4.90 Å². The summed E-state index contributed by atoms with van der Waals surface area (Å²) in [7, 11) is 1.96. The van der Waals surface area contributed by atoms with Gasteiger partial charge in [0.15, 0.2) is 0 Å². The van der Waals surface area contributed by atoms with Gasteiger partial charge in [0.05, 0.1) is 29.1 Å². The summed E-state index contributed by atoms with van der Waals surface area (Å²) in [5.74, 6) is 1.89. The Morgan fingerprint density at radius 2 is 1.64 bits per heavy atom. The number of aromatic amines is 1. The largest absolute Gasteiger partial charge is 0.494 e. The highest BCUT2D eigenvalue weighted by molar-refractivity contribution is 6.62. The molecule has 3 aromatic rings. The highest BCUT2D eigenvalue weighted by Crippen LogP contribution is 2.48. The maximum Gasteiger partial charge on any atom is 0.494 e. The van der Waals surface area contributed by atoms with Gasteiger partial charge in [0.1, 0.15) is 5.82 Å². The van der Waals surface area contributed by atoms with Crippen LogP contribution in [0.5, 0.6) is 0 Å². The predicted molar refractivity (Wildman–Crippen MR) is 144 cm³/mol. The van der Waals surface area contributed by atoms with Gasteiger partial charge in [0.2, 0.25) is 0 Å². The summed E-state index contributed by atoms with van der Waals surface area (Å²) in [6.07, 6.45) is 8.11. The van der Waals surface area contributed by atoms with Crippen molar-refractivity contribution in [3.63, 3.8) is 0 Å². The molecular weight excluding hydrogens is 445 g/mol. The molecule has 2 aliphatic heterocycles. The minimum Gasteiger partial charge on any atom is -0.399 e. The maximum atomic E-state index is 6.30. The molecule has 0 radical (unpaired) electrons. The summed E-state index contributed by atoms with van der Waals surface area (Å²) in [5, 5.41) is 0. The molecule has 3 fully saturated rings. The molecule has 3 heterocycles. The Morgan fingerprint density at radius 3 is 2.33 bits per heavy atom. The van der Waals surface area contributed by atoms with Crippen LogP contribution in [0.15, 0.2) is 42.6 Å². The lowest BCUT2D eigenvalue weighted by Gasteiger charge is -2.32. The van der Waals surface area contributed by atoms with E-state index in [0.29, 0.717) is 6.04 Å². The summed E-state index contributed by atoms with van der Waals surface area (Å²) >= 11 is 0. The van der Waals surface area contributed by atoms with Crippen LogP contribution in [0.25, 0.3) is 22.4 Å². The van der Waals surface area contributed by atoms with Gasteiger partial charge in [0.25, 0.3) is 0 Å². The Morgan fingerprint density at radius 1 is 0.944 bits per heavy atom. The van der Waals surface area contributed by atoms with Crippen LogP contribution in [0.4, 0.5) is 0 Å². The SMILES string of the molecule is CN1[C@@H]2CC[C@@H](C2)[C@H]1c1ncc(-c2ccc3c(c2)CCc2cc(B4OC(C)(C)C(C)(C)O4)ccc2-3)[nH]1. The fraction of sp³-hybridized carbons (Fsp3) is 0.500. The summed E-state index contributed by atoms with van der Waals surface area (Å²) in [5.41, 5.74) is 8.29. The Kier molecular flexibility index (Phi) is 4.93. The lowest BCUT2D eigenvalue weighted by Crippen LogP contribution is -2.41. The van der Waals surface area contributed by atoms with E-state index in [0.717, 1.165) is 41.8 Å². The van der Waals surface area contributed by atoms with Crippen molar-refractivity contribution in [2.45, 2.75) is 83.1 Å². The molecule has 4 aliphatic rings. The summed E-state index contributed by atoms with van der Waals surface area (Å²) in [4.78, 5) is 11.1. The number of piperidine rings is 1. The standard InChI is InChI=1S/C30H36BN3O2/c1-29(2)30(3,4)36-31(35-29)22-10-13-25-19(15-22)7-6-18-14-20(9-12-24(18)25)26-17-32-28(33-26)27-21-8-11-23(16-21)34(27)5/h9-10,12-15,17,21,23,27H,6-8,11,16H2,1-5H3,(H,32,33)/t21-,23+,27-/m0/s1. The van der Waals surface area contributed by atoms with Crippen molar-refractivity contribution in [2.24, 2.45) is 5.92 Å². The van der Waals surface area contributed by atoms with Crippen LogP contribution in [-0.4, -0.2) is 46.3 Å². The number of hydrogen-bond acceptors (Lipinski definition) is 4. The van der Waals surface area contributed by atoms with E-state index < -0.39 is 0 Å². The first-order valence-corrected chi connectivity index (χ1v) is 13.6. The third-order valence-electron chi connectivity index (χ3n) is 9.81. The molecule has 186 valence electrons. The first kappa shape index (κ1) is 22.8. The molecule has 1 saturated carbocycles. The van der Waals surface area contributed by atoms with Crippen molar-refractivity contribution in [1.29, 1.82) is 0 Å². The van der Waals surface area contributed by atoms with Gasteiger partial charge in [-0.15, -0.1) is 0 Å². The number of rotatable bonds is 3. The average Bonchev–Trinajstić information content (AvgIpc) is 3.62. The van der Waals surface area contributed by atoms with Gasteiger partial charge in [-0.25, -0.2) is 4.98 Å². The number of imidazole rings is 1. The zero-order chi connectivity index (χ0) is 24.8. The monoisotopic (exact) mass is 481 g/mol. The number of fused-ring (bicyclic) bond motifs is 5. The second-order valence-electron chi connectivity index (χ2n) is 12.4. The number of benzene rings is 2. The van der Waals surface area contributed by atoms with E-state index in [1.807, 2.05) is 6.20 Å². The van der Waals surface area contributed by atoms with Crippen molar-refractivity contribution in [3.05, 3.63) is 59.5 Å². The van der Waals surface area contributed by atoms with E-state index in [-0.39, 0.29) is 18.3 Å². The molecule has 1 aromatic heterocycles. The maximum absolute atomic E-state index is 6.30. The Balaban J connectivity index is 1.15. The second kappa shape index (κ2) is 7.80. The van der Waals surface area contributed by atoms with Crippen molar-refractivity contribution in [3.8, 4) is 22.4 Å². The highest BCUT2D eigenvalue weighted by Gasteiger charge is 2.52. The van der Waals surface area contributed by atoms with E-state index in [1.54, 1.807) is 0 Å². The molecule has 2 bridgehead atoms. The number of nitrogens with one attached hydrogen (secondary N) is 1. The van der Waals surface area contributed by atoms with Gasteiger partial charge in [-0.1, -0.05) is 30.3 Å². The molecule has 2 saturated heterocycles. The zero-order valence-electron chi connectivity index (χ0n) is 22.1. The third kappa shape index (κ3) is 3.38. The highest BCUT2D eigenvalue weighted by atomic mass is 16.7. The van der Waals surface area contributed by atoms with Crippen molar-refractivity contribution in [2.75, 3.05) is 7.05 Å². The molecule has 6 heteroatoms. The quantitative estimate of drug-likeness (QED) is 0.516. The summed E-state index contributed by atoms with van der Waals surface area (Å²) in [6.45, 7) is 8.44. The second-order valence-corrected chi connectivity index (χ2v) is 12.4. The molecule has 1 N–H and O–H groups in total. The summed E-state index contributed by atoms with van der Waals surface area (Å²) < 4.78 is 12.6. The topological polar surface area (TPSA) is 50.4 Å². The number of aryl methyl sites for hydroxylation is 2. The van der Waals surface area contributed by atoms with Crippen LogP contribution in [0.1, 0.15) is 70.0 Å². The summed E-state index contributed by atoms with van der Waals surface area (Å²) in [6, 6.07) is 14.8. The van der Waals surface area contributed by atoms with Crippen LogP contribution in [0.2, 0.25) is 0 Å². The van der Waals surface area contributed by atoms with Crippen molar-refractivity contribution < 1.29 is 9.31 Å². The lowest BCUT2D eigenvalue weighted by molar-refractivity contribution is 0.00578. The molecule has 0 amide bonds. The Hall–Kier alpha value is -2.41. The van der Waals surface area contributed by atoms with Gasteiger partial charge in [0, 0.05) is 6.04 Å². The predicted octanol–water partition coefficient (Wildman–Crippen LogP) is 5.30. The van der Waals surface area contributed by atoms with Gasteiger partial charge in [-0.2, -0.15) is 0 Å². The molecule has 7 rings (SSSR count). The van der Waals surface area contributed by atoms with Gasteiger partial charge < -0.3 is 14.3 Å². The molecule has 0 unspecified atom stereocenters. The first-order chi connectivity index (χ1) is 17.2. The molecule has 5 nitrogen and oxygen atoms in total. The van der Waals surface area contributed by atoms with Crippen LogP contribution < -0.4 is 5.46 Å². The van der Waals surface area contributed by atoms with Crippen molar-refractivity contribution >= 4 is 12.6 Å². The molecule has 36 heavy (non-hydrogen) atoms. The number of nitrogens with zero attached hydrogens (tertiary/aromatic N) is 2. The first-order valence-electron chi connectivity index (χ1n) is 13.6. The van der Waals surface area contributed by atoms with Gasteiger partial charge in [-0.05, 0) is 112 Å². The van der Waals surface area contributed by atoms with E-state index in [2.05, 4.69) is 81.0 Å². The van der Waals surface area contributed by atoms with E-state index in [9.17, 15) is 0 Å².